The van der Waals surface area contributed by atoms with Gasteiger partial charge in [-0.1, -0.05) is 12.1 Å². The molecule has 21 heavy (non-hydrogen) atoms. The van der Waals surface area contributed by atoms with Gasteiger partial charge in [-0.05, 0) is 19.1 Å². The quantitative estimate of drug-likeness (QED) is 0.879. The molecule has 0 radical (unpaired) electrons. The molecular formula is C15H15NO5. The number of para-hydroxylation sites is 1. The highest BCUT2D eigenvalue weighted by Gasteiger charge is 2.17. The molecular weight excluding hydrogens is 274 g/mol. The predicted molar refractivity (Wildman–Crippen MR) is 73.5 cm³/mol. The number of aromatic carboxylic acids is 1. The van der Waals surface area contributed by atoms with Gasteiger partial charge in [-0.3, -0.25) is 0 Å². The number of benzene rings is 1. The van der Waals surface area contributed by atoms with Gasteiger partial charge >= 0.3 is 5.97 Å². The molecule has 2 N–H and O–H groups in total. The lowest BCUT2D eigenvalue weighted by Gasteiger charge is -2.06. The van der Waals surface area contributed by atoms with Crippen LogP contribution in [-0.4, -0.2) is 17.9 Å². The molecule has 0 aliphatic carbocycles. The second-order valence-corrected chi connectivity index (χ2v) is 4.74. The zero-order chi connectivity index (χ0) is 14.8. The molecule has 110 valence electrons. The van der Waals surface area contributed by atoms with Gasteiger partial charge < -0.3 is 24.3 Å². The van der Waals surface area contributed by atoms with E-state index in [0.29, 0.717) is 24.6 Å². The number of furan rings is 1. The molecule has 0 saturated carbocycles. The Hall–Kier alpha value is -2.47. The minimum Gasteiger partial charge on any atom is -0.478 e. The first-order valence-corrected chi connectivity index (χ1v) is 6.56. The lowest BCUT2D eigenvalue weighted by Crippen LogP contribution is -2.12. The normalized spacial score (nSPS) is 12.6. The third-order valence-corrected chi connectivity index (χ3v) is 3.29. The number of nitrogens with one attached hydrogen (secondary N) is 1. The van der Waals surface area contributed by atoms with Crippen LogP contribution < -0.4 is 14.8 Å². The Morgan fingerprint density at radius 3 is 2.95 bits per heavy atom. The first-order chi connectivity index (χ1) is 10.1. The predicted octanol–water partition coefficient (Wildman–Crippen LogP) is 2.30. The van der Waals surface area contributed by atoms with Crippen molar-refractivity contribution in [1.82, 2.24) is 5.32 Å². The molecule has 2 aromatic rings. The van der Waals surface area contributed by atoms with Crippen molar-refractivity contribution in [2.24, 2.45) is 0 Å². The van der Waals surface area contributed by atoms with Crippen molar-refractivity contribution in [3.05, 3.63) is 46.9 Å². The molecule has 1 aromatic carbocycles. The van der Waals surface area contributed by atoms with Gasteiger partial charge in [0.1, 0.15) is 17.1 Å². The summed E-state index contributed by atoms with van der Waals surface area (Å²) in [5.41, 5.74) is 1.19. The lowest BCUT2D eigenvalue weighted by molar-refractivity contribution is 0.0695. The van der Waals surface area contributed by atoms with E-state index in [1.165, 1.54) is 0 Å². The fourth-order valence-electron chi connectivity index (χ4n) is 2.29. The maximum Gasteiger partial charge on any atom is 0.339 e. The summed E-state index contributed by atoms with van der Waals surface area (Å²) in [6, 6.07) is 7.27. The fourth-order valence-corrected chi connectivity index (χ4v) is 2.29. The van der Waals surface area contributed by atoms with E-state index in [4.69, 9.17) is 19.0 Å². The number of fused-ring (bicyclic) bond motifs is 1. The first kappa shape index (κ1) is 13.5. The third-order valence-electron chi connectivity index (χ3n) is 3.29. The van der Waals surface area contributed by atoms with Crippen LogP contribution in [0.15, 0.2) is 28.7 Å². The zero-order valence-electron chi connectivity index (χ0n) is 11.5. The van der Waals surface area contributed by atoms with Crippen LogP contribution in [0.5, 0.6) is 11.5 Å². The molecule has 0 spiro atoms. The van der Waals surface area contributed by atoms with Crippen molar-refractivity contribution in [1.29, 1.82) is 0 Å². The maximum atomic E-state index is 10.9. The Labute approximate surface area is 121 Å². The Balaban J connectivity index is 1.63. The minimum absolute atomic E-state index is 0.198. The monoisotopic (exact) mass is 289 g/mol. The van der Waals surface area contributed by atoms with Gasteiger partial charge in [0.15, 0.2) is 11.5 Å². The summed E-state index contributed by atoms with van der Waals surface area (Å²) >= 11 is 0. The maximum absolute atomic E-state index is 10.9. The van der Waals surface area contributed by atoms with Gasteiger partial charge in [-0.2, -0.15) is 0 Å². The van der Waals surface area contributed by atoms with Gasteiger partial charge in [-0.15, -0.1) is 0 Å². The van der Waals surface area contributed by atoms with Crippen molar-refractivity contribution < 1.29 is 23.8 Å². The largest absolute Gasteiger partial charge is 0.478 e. The first-order valence-electron chi connectivity index (χ1n) is 6.56. The standard InChI is InChI=1S/C15H15NO5/c1-9-12(15(17)18)5-11(21-9)7-16-6-10-3-2-4-13-14(10)20-8-19-13/h2-5,16H,6-8H2,1H3,(H,17,18). The summed E-state index contributed by atoms with van der Waals surface area (Å²) in [6.07, 6.45) is 0. The number of hydrogen-bond acceptors (Lipinski definition) is 5. The van der Waals surface area contributed by atoms with Gasteiger partial charge in [0.05, 0.1) is 6.54 Å². The SMILES string of the molecule is Cc1oc(CNCc2cccc3c2OCO3)cc1C(=O)O. The Bertz CT molecular complexity index is 677. The van der Waals surface area contributed by atoms with E-state index in [1.807, 2.05) is 18.2 Å². The van der Waals surface area contributed by atoms with Crippen LogP contribution in [0.4, 0.5) is 0 Å². The molecule has 2 heterocycles. The van der Waals surface area contributed by atoms with E-state index in [2.05, 4.69) is 5.32 Å². The average molecular weight is 289 g/mol. The molecule has 3 rings (SSSR count). The van der Waals surface area contributed by atoms with Gasteiger partial charge in [-0.25, -0.2) is 4.79 Å². The second kappa shape index (κ2) is 5.49. The molecule has 0 saturated heterocycles. The topological polar surface area (TPSA) is 80.9 Å². The van der Waals surface area contributed by atoms with E-state index in [-0.39, 0.29) is 12.4 Å². The van der Waals surface area contributed by atoms with Crippen molar-refractivity contribution in [2.75, 3.05) is 6.79 Å². The van der Waals surface area contributed by atoms with Crippen LogP contribution in [0, 0.1) is 6.92 Å². The minimum atomic E-state index is -0.978. The van der Waals surface area contributed by atoms with Crippen LogP contribution in [-0.2, 0) is 13.1 Å². The molecule has 0 fully saturated rings. The van der Waals surface area contributed by atoms with Gasteiger partial charge in [0.2, 0.25) is 6.79 Å². The number of carboxylic acid groups (broad SMARTS) is 1. The number of carboxylic acids is 1. The summed E-state index contributed by atoms with van der Waals surface area (Å²) in [7, 11) is 0. The number of hydrogen-bond donors (Lipinski definition) is 2. The summed E-state index contributed by atoms with van der Waals surface area (Å²) < 4.78 is 16.1. The molecule has 0 atom stereocenters. The molecule has 6 heteroatoms. The number of carbonyl (C=O) groups is 1. The van der Waals surface area contributed by atoms with E-state index < -0.39 is 5.97 Å². The highest BCUT2D eigenvalue weighted by Crippen LogP contribution is 2.35. The van der Waals surface area contributed by atoms with Gasteiger partial charge in [0.25, 0.3) is 0 Å². The van der Waals surface area contributed by atoms with Crippen molar-refractivity contribution in [2.45, 2.75) is 20.0 Å². The fraction of sp³-hybridized carbons (Fsp3) is 0.267. The van der Waals surface area contributed by atoms with Crippen LogP contribution in [0.25, 0.3) is 0 Å². The van der Waals surface area contributed by atoms with Crippen molar-refractivity contribution in [3.63, 3.8) is 0 Å². The highest BCUT2D eigenvalue weighted by atomic mass is 16.7. The second-order valence-electron chi connectivity index (χ2n) is 4.74. The van der Waals surface area contributed by atoms with E-state index >= 15 is 0 Å². The van der Waals surface area contributed by atoms with E-state index in [1.54, 1.807) is 13.0 Å². The molecule has 1 aliphatic heterocycles. The molecule has 1 aromatic heterocycles. The summed E-state index contributed by atoms with van der Waals surface area (Å²) in [5, 5.41) is 12.2. The number of aryl methyl sites for hydroxylation is 1. The number of ether oxygens (including phenoxy) is 2. The zero-order valence-corrected chi connectivity index (χ0v) is 11.5. The highest BCUT2D eigenvalue weighted by molar-refractivity contribution is 5.88. The van der Waals surface area contributed by atoms with Crippen LogP contribution in [0.3, 0.4) is 0 Å². The Kier molecular flexibility index (Phi) is 3.53. The van der Waals surface area contributed by atoms with Crippen LogP contribution in [0.1, 0.15) is 27.4 Å². The summed E-state index contributed by atoms with van der Waals surface area (Å²) in [5.74, 6) is 1.53. The van der Waals surface area contributed by atoms with E-state index in [9.17, 15) is 4.79 Å². The van der Waals surface area contributed by atoms with Crippen molar-refractivity contribution >= 4 is 5.97 Å². The molecule has 1 aliphatic rings. The Morgan fingerprint density at radius 1 is 1.33 bits per heavy atom. The molecule has 6 nitrogen and oxygen atoms in total. The Morgan fingerprint density at radius 2 is 2.19 bits per heavy atom. The molecule has 0 amide bonds. The summed E-state index contributed by atoms with van der Waals surface area (Å²) in [4.78, 5) is 10.9. The summed E-state index contributed by atoms with van der Waals surface area (Å²) in [6.45, 7) is 2.90. The van der Waals surface area contributed by atoms with Crippen LogP contribution in [0.2, 0.25) is 0 Å². The lowest BCUT2D eigenvalue weighted by atomic mass is 10.2. The average Bonchev–Trinajstić information content (AvgIpc) is 3.05. The van der Waals surface area contributed by atoms with Crippen molar-refractivity contribution in [3.8, 4) is 11.5 Å². The molecule has 0 unspecified atom stereocenters. The smallest absolute Gasteiger partial charge is 0.339 e. The third kappa shape index (κ3) is 2.71. The molecule has 0 bridgehead atoms. The van der Waals surface area contributed by atoms with Crippen LogP contribution >= 0.6 is 0 Å². The number of rotatable bonds is 5. The van der Waals surface area contributed by atoms with E-state index in [0.717, 1.165) is 17.1 Å². The van der Waals surface area contributed by atoms with Gasteiger partial charge in [0, 0.05) is 12.1 Å².